The van der Waals surface area contributed by atoms with Gasteiger partial charge in [0.05, 0.1) is 11.4 Å². The Hall–Kier alpha value is -2.73. The van der Waals surface area contributed by atoms with Crippen molar-refractivity contribution in [3.05, 3.63) is 66.0 Å². The smallest absolute Gasteiger partial charge is 0.248 e. The van der Waals surface area contributed by atoms with Crippen LogP contribution in [0.15, 0.2) is 59.7 Å². The van der Waals surface area contributed by atoms with Crippen molar-refractivity contribution in [3.8, 4) is 0 Å². The van der Waals surface area contributed by atoms with Gasteiger partial charge in [-0.15, -0.1) is 0 Å². The highest BCUT2D eigenvalue weighted by Crippen LogP contribution is 2.41. The minimum absolute atomic E-state index is 0.0444. The Morgan fingerprint density at radius 2 is 1.84 bits per heavy atom. The van der Waals surface area contributed by atoms with Gasteiger partial charge in [-0.2, -0.15) is 5.10 Å². The summed E-state index contributed by atoms with van der Waals surface area (Å²) in [5.41, 5.74) is 1.66. The van der Waals surface area contributed by atoms with Crippen molar-refractivity contribution in [1.29, 1.82) is 0 Å². The standard InChI is InChI=1S/C26H35FN4O/c1-6-7-13-23-24(20-14-16-21(27)17-15-20)29-31(22-11-9-8-10-12-22)26(23,3)25(32)28-18-19(2)30(4)5/h8-12,14-17,19,23H,6-7,13,18H2,1-5H3,(H,28,32). The SMILES string of the molecule is CCCCC1C(c2ccc(F)cc2)=NN(c2ccccc2)C1(C)C(=O)NCC(C)N(C)C. The summed E-state index contributed by atoms with van der Waals surface area (Å²) in [5.74, 6) is -0.449. The molecule has 1 aliphatic heterocycles. The third-order valence-corrected chi connectivity index (χ3v) is 6.54. The van der Waals surface area contributed by atoms with Crippen molar-refractivity contribution in [1.82, 2.24) is 10.2 Å². The van der Waals surface area contributed by atoms with Crippen LogP contribution in [-0.4, -0.2) is 48.7 Å². The van der Waals surface area contributed by atoms with Crippen molar-refractivity contribution in [2.24, 2.45) is 11.0 Å². The van der Waals surface area contributed by atoms with Gasteiger partial charge in [0.1, 0.15) is 11.4 Å². The largest absolute Gasteiger partial charge is 0.352 e. The highest BCUT2D eigenvalue weighted by molar-refractivity contribution is 6.10. The van der Waals surface area contributed by atoms with Gasteiger partial charge in [-0.05, 0) is 64.2 Å². The van der Waals surface area contributed by atoms with E-state index < -0.39 is 5.54 Å². The number of para-hydroxylation sites is 1. The highest BCUT2D eigenvalue weighted by Gasteiger charge is 2.53. The molecule has 3 rings (SSSR count). The van der Waals surface area contributed by atoms with Gasteiger partial charge >= 0.3 is 0 Å². The Labute approximate surface area is 191 Å². The molecule has 1 N–H and O–H groups in total. The Morgan fingerprint density at radius 1 is 1.19 bits per heavy atom. The number of carbonyl (C=O) groups excluding carboxylic acids is 1. The van der Waals surface area contributed by atoms with Gasteiger partial charge in [0.2, 0.25) is 5.91 Å². The number of nitrogens with zero attached hydrogens (tertiary/aromatic N) is 3. The first-order valence-electron chi connectivity index (χ1n) is 11.4. The molecule has 1 amide bonds. The number of rotatable bonds is 9. The lowest BCUT2D eigenvalue weighted by Crippen LogP contribution is -2.59. The Kier molecular flexibility index (Phi) is 7.67. The minimum Gasteiger partial charge on any atom is -0.352 e. The molecule has 0 fully saturated rings. The number of benzene rings is 2. The molecule has 2 aromatic rings. The molecule has 0 aliphatic carbocycles. The van der Waals surface area contributed by atoms with E-state index in [4.69, 9.17) is 5.10 Å². The van der Waals surface area contributed by atoms with Gasteiger partial charge in [-0.1, -0.05) is 50.1 Å². The molecule has 3 atom stereocenters. The summed E-state index contributed by atoms with van der Waals surface area (Å²) in [6.45, 7) is 6.77. The maximum Gasteiger partial charge on any atom is 0.248 e. The minimum atomic E-state index is -0.897. The second-order valence-electron chi connectivity index (χ2n) is 9.00. The molecular weight excluding hydrogens is 403 g/mol. The molecule has 0 aromatic heterocycles. The van der Waals surface area contributed by atoms with Gasteiger partial charge in [0.25, 0.3) is 0 Å². The van der Waals surface area contributed by atoms with E-state index in [1.54, 1.807) is 12.1 Å². The first-order chi connectivity index (χ1) is 15.3. The molecule has 0 bridgehead atoms. The molecular formula is C26H35FN4O. The molecule has 32 heavy (non-hydrogen) atoms. The number of anilines is 1. The Bertz CT molecular complexity index is 929. The second kappa shape index (κ2) is 10.3. The van der Waals surface area contributed by atoms with Crippen LogP contribution >= 0.6 is 0 Å². The predicted octanol–water partition coefficient (Wildman–Crippen LogP) is 4.68. The summed E-state index contributed by atoms with van der Waals surface area (Å²) >= 11 is 0. The lowest BCUT2D eigenvalue weighted by molar-refractivity contribution is -0.127. The maximum absolute atomic E-state index is 13.8. The number of unbranched alkanes of at least 4 members (excludes halogenated alkanes) is 1. The van der Waals surface area contributed by atoms with Crippen molar-refractivity contribution in [2.45, 2.75) is 51.6 Å². The molecule has 0 saturated heterocycles. The van der Waals surface area contributed by atoms with Crippen molar-refractivity contribution < 1.29 is 9.18 Å². The van der Waals surface area contributed by atoms with Gasteiger partial charge in [0.15, 0.2) is 0 Å². The number of hydrogen-bond acceptors (Lipinski definition) is 4. The fourth-order valence-electron chi connectivity index (χ4n) is 4.15. The molecule has 0 saturated carbocycles. The van der Waals surface area contributed by atoms with Gasteiger partial charge in [0, 0.05) is 18.5 Å². The predicted molar refractivity (Wildman–Crippen MR) is 129 cm³/mol. The Balaban J connectivity index is 2.05. The van der Waals surface area contributed by atoms with E-state index in [2.05, 4.69) is 24.1 Å². The number of carbonyl (C=O) groups is 1. The number of hydrogen-bond donors (Lipinski definition) is 1. The molecule has 2 aromatic carbocycles. The fraction of sp³-hybridized carbons (Fsp3) is 0.462. The number of amides is 1. The number of likely N-dealkylation sites (N-methyl/N-ethyl adjacent to an activating group) is 1. The fourth-order valence-corrected chi connectivity index (χ4v) is 4.15. The van der Waals surface area contributed by atoms with Crippen LogP contribution in [0.5, 0.6) is 0 Å². The number of halogens is 1. The maximum atomic E-state index is 13.8. The van der Waals surface area contributed by atoms with Crippen LogP contribution in [0.25, 0.3) is 0 Å². The molecule has 6 heteroatoms. The quantitative estimate of drug-likeness (QED) is 0.618. The monoisotopic (exact) mass is 438 g/mol. The topological polar surface area (TPSA) is 47.9 Å². The summed E-state index contributed by atoms with van der Waals surface area (Å²) in [6.07, 6.45) is 2.82. The molecule has 5 nitrogen and oxygen atoms in total. The van der Waals surface area contributed by atoms with E-state index in [9.17, 15) is 9.18 Å². The van der Waals surface area contributed by atoms with Crippen LogP contribution < -0.4 is 10.3 Å². The number of hydrazone groups is 1. The van der Waals surface area contributed by atoms with Crippen molar-refractivity contribution >= 4 is 17.3 Å². The normalized spacial score (nSPS) is 21.5. The first kappa shape index (κ1) is 23.9. The van der Waals surface area contributed by atoms with Crippen molar-refractivity contribution in [2.75, 3.05) is 25.6 Å². The molecule has 0 spiro atoms. The zero-order valence-electron chi connectivity index (χ0n) is 19.8. The van der Waals surface area contributed by atoms with Gasteiger partial charge < -0.3 is 10.2 Å². The van der Waals surface area contributed by atoms with E-state index in [0.29, 0.717) is 6.54 Å². The van der Waals surface area contributed by atoms with E-state index in [0.717, 1.165) is 36.2 Å². The van der Waals surface area contributed by atoms with Crippen LogP contribution in [-0.2, 0) is 4.79 Å². The van der Waals surface area contributed by atoms with E-state index in [1.807, 2.05) is 56.4 Å². The summed E-state index contributed by atoms with van der Waals surface area (Å²) in [5, 5.41) is 10.0. The third-order valence-electron chi connectivity index (χ3n) is 6.54. The molecule has 3 unspecified atom stereocenters. The molecule has 1 aliphatic rings. The molecule has 0 radical (unpaired) electrons. The number of nitrogens with one attached hydrogen (secondary N) is 1. The first-order valence-corrected chi connectivity index (χ1v) is 11.4. The summed E-state index contributed by atoms with van der Waals surface area (Å²) < 4.78 is 13.6. The van der Waals surface area contributed by atoms with Crippen LogP contribution in [0.4, 0.5) is 10.1 Å². The highest BCUT2D eigenvalue weighted by atomic mass is 19.1. The zero-order valence-corrected chi connectivity index (χ0v) is 19.8. The van der Waals surface area contributed by atoms with E-state index in [-0.39, 0.29) is 23.7 Å². The molecule has 172 valence electrons. The second-order valence-corrected chi connectivity index (χ2v) is 9.00. The average Bonchev–Trinajstić information content (AvgIpc) is 3.10. The van der Waals surface area contributed by atoms with Crippen molar-refractivity contribution in [3.63, 3.8) is 0 Å². The van der Waals surface area contributed by atoms with Gasteiger partial charge in [-0.3, -0.25) is 4.79 Å². The van der Waals surface area contributed by atoms with E-state index >= 15 is 0 Å². The van der Waals surface area contributed by atoms with Gasteiger partial charge in [-0.25, -0.2) is 9.40 Å². The lowest BCUT2D eigenvalue weighted by Gasteiger charge is -2.38. The Morgan fingerprint density at radius 3 is 2.44 bits per heavy atom. The van der Waals surface area contributed by atoms with Crippen LogP contribution in [0.3, 0.4) is 0 Å². The third kappa shape index (κ3) is 4.85. The lowest BCUT2D eigenvalue weighted by atomic mass is 9.77. The summed E-state index contributed by atoms with van der Waals surface area (Å²) in [4.78, 5) is 15.9. The molecule has 1 heterocycles. The average molecular weight is 439 g/mol. The van der Waals surface area contributed by atoms with Crippen LogP contribution in [0.2, 0.25) is 0 Å². The summed E-state index contributed by atoms with van der Waals surface area (Å²) in [6, 6.07) is 16.4. The van der Waals surface area contributed by atoms with E-state index in [1.165, 1.54) is 12.1 Å². The van der Waals surface area contributed by atoms with Crippen LogP contribution in [0.1, 0.15) is 45.6 Å². The van der Waals surface area contributed by atoms with Crippen LogP contribution in [0, 0.1) is 11.7 Å². The summed E-state index contributed by atoms with van der Waals surface area (Å²) in [7, 11) is 4.01. The zero-order chi connectivity index (χ0) is 23.3.